The van der Waals surface area contributed by atoms with Crippen LogP contribution in [0.1, 0.15) is 26.3 Å². The monoisotopic (exact) mass is 490 g/mol. The zero-order valence-electron chi connectivity index (χ0n) is 16.9. The first-order chi connectivity index (χ1) is 12.7. The maximum atomic E-state index is 6.04. The topological polar surface area (TPSA) is 58.1 Å². The van der Waals surface area contributed by atoms with E-state index in [0.29, 0.717) is 19.1 Å². The summed E-state index contributed by atoms with van der Waals surface area (Å²) in [4.78, 5) is 7.08. The Kier molecular flexibility index (Phi) is 12.4. The predicted octanol–water partition coefficient (Wildman–Crippen LogP) is 2.73. The molecule has 6 nitrogen and oxygen atoms in total. The summed E-state index contributed by atoms with van der Waals surface area (Å²) in [6.07, 6.45) is 0. The van der Waals surface area contributed by atoms with Gasteiger partial charge in [-0.3, -0.25) is 4.90 Å². The first-order valence-electron chi connectivity index (χ1n) is 9.72. The van der Waals surface area contributed by atoms with E-state index >= 15 is 0 Å². The fourth-order valence-electron chi connectivity index (χ4n) is 2.69. The van der Waals surface area contributed by atoms with Gasteiger partial charge in [0.05, 0.1) is 19.8 Å². The van der Waals surface area contributed by atoms with E-state index in [-0.39, 0.29) is 24.0 Å². The maximum absolute atomic E-state index is 6.04. The van der Waals surface area contributed by atoms with E-state index in [1.54, 1.807) is 0 Å². The Bertz CT molecular complexity index is 549. The Morgan fingerprint density at radius 1 is 1.22 bits per heavy atom. The number of hydrogen-bond acceptors (Lipinski definition) is 4. The SMILES string of the molecule is CCNC(=NCc1ccccc1OCCN1CCOCC1)NCC(C)C.I. The number of benzene rings is 1. The van der Waals surface area contributed by atoms with Gasteiger partial charge >= 0.3 is 0 Å². The number of para-hydroxylation sites is 1. The molecule has 0 aromatic heterocycles. The van der Waals surface area contributed by atoms with Crippen molar-refractivity contribution >= 4 is 29.9 Å². The molecule has 0 amide bonds. The fraction of sp³-hybridized carbons (Fsp3) is 0.650. The summed E-state index contributed by atoms with van der Waals surface area (Å²) >= 11 is 0. The Morgan fingerprint density at radius 3 is 2.67 bits per heavy atom. The average molecular weight is 490 g/mol. The Morgan fingerprint density at radius 2 is 1.96 bits per heavy atom. The maximum Gasteiger partial charge on any atom is 0.191 e. The van der Waals surface area contributed by atoms with Crippen LogP contribution in [0, 0.1) is 5.92 Å². The van der Waals surface area contributed by atoms with Crippen LogP contribution >= 0.6 is 24.0 Å². The second kappa shape index (κ2) is 14.0. The number of morpholine rings is 1. The lowest BCUT2D eigenvalue weighted by atomic mass is 10.2. The van der Waals surface area contributed by atoms with Gasteiger partial charge in [-0.2, -0.15) is 0 Å². The molecule has 0 saturated carbocycles. The van der Waals surface area contributed by atoms with Crippen LogP contribution in [0.5, 0.6) is 5.75 Å². The molecule has 1 saturated heterocycles. The molecule has 1 aromatic rings. The van der Waals surface area contributed by atoms with E-state index in [0.717, 1.165) is 63.2 Å². The van der Waals surface area contributed by atoms with Gasteiger partial charge in [-0.05, 0) is 18.9 Å². The lowest BCUT2D eigenvalue weighted by molar-refractivity contribution is 0.0322. The number of guanidine groups is 1. The van der Waals surface area contributed by atoms with Crippen LogP contribution < -0.4 is 15.4 Å². The van der Waals surface area contributed by atoms with Crippen molar-refractivity contribution in [2.24, 2.45) is 10.9 Å². The number of aliphatic imine (C=N–C) groups is 1. The van der Waals surface area contributed by atoms with Crippen LogP contribution in [0.4, 0.5) is 0 Å². The smallest absolute Gasteiger partial charge is 0.191 e. The van der Waals surface area contributed by atoms with E-state index in [9.17, 15) is 0 Å². The van der Waals surface area contributed by atoms with Crippen molar-refractivity contribution in [3.8, 4) is 5.75 Å². The number of halogens is 1. The first-order valence-corrected chi connectivity index (χ1v) is 9.72. The molecule has 2 N–H and O–H groups in total. The van der Waals surface area contributed by atoms with Gasteiger partial charge in [0.15, 0.2) is 5.96 Å². The van der Waals surface area contributed by atoms with Crippen LogP contribution in [0.15, 0.2) is 29.3 Å². The summed E-state index contributed by atoms with van der Waals surface area (Å²) in [5.74, 6) is 2.35. The molecule has 7 heteroatoms. The molecule has 0 aliphatic carbocycles. The van der Waals surface area contributed by atoms with Gasteiger partial charge < -0.3 is 20.1 Å². The van der Waals surface area contributed by atoms with Gasteiger partial charge in [-0.15, -0.1) is 24.0 Å². The van der Waals surface area contributed by atoms with Crippen molar-refractivity contribution in [1.82, 2.24) is 15.5 Å². The third-order valence-electron chi connectivity index (χ3n) is 4.17. The zero-order valence-corrected chi connectivity index (χ0v) is 19.2. The van der Waals surface area contributed by atoms with Crippen molar-refractivity contribution in [1.29, 1.82) is 0 Å². The minimum absolute atomic E-state index is 0. The van der Waals surface area contributed by atoms with E-state index in [1.165, 1.54) is 0 Å². The van der Waals surface area contributed by atoms with Gasteiger partial charge in [-0.25, -0.2) is 4.99 Å². The zero-order chi connectivity index (χ0) is 18.6. The molecule has 154 valence electrons. The molecular weight excluding hydrogens is 455 g/mol. The van der Waals surface area contributed by atoms with Crippen LogP contribution in [-0.4, -0.2) is 63.4 Å². The average Bonchev–Trinajstić information content (AvgIpc) is 2.65. The Hall–Kier alpha value is -1.06. The van der Waals surface area contributed by atoms with E-state index in [4.69, 9.17) is 14.5 Å². The predicted molar refractivity (Wildman–Crippen MR) is 122 cm³/mol. The van der Waals surface area contributed by atoms with E-state index in [1.807, 2.05) is 18.2 Å². The molecule has 1 heterocycles. The largest absolute Gasteiger partial charge is 0.492 e. The standard InChI is InChI=1S/C20H34N4O2.HI/c1-4-21-20(22-15-17(2)3)23-16-18-7-5-6-8-19(18)26-14-11-24-9-12-25-13-10-24;/h5-8,17H,4,9-16H2,1-3H3,(H2,21,22,23);1H. The first kappa shape index (κ1) is 24.0. The summed E-state index contributed by atoms with van der Waals surface area (Å²) in [6.45, 7) is 14.0. The number of rotatable bonds is 9. The molecular formula is C20H35IN4O2. The highest BCUT2D eigenvalue weighted by atomic mass is 127. The summed E-state index contributed by atoms with van der Waals surface area (Å²) < 4.78 is 11.4. The fourth-order valence-corrected chi connectivity index (χ4v) is 2.69. The van der Waals surface area contributed by atoms with Crippen LogP contribution in [-0.2, 0) is 11.3 Å². The van der Waals surface area contributed by atoms with Crippen molar-refractivity contribution in [3.63, 3.8) is 0 Å². The highest BCUT2D eigenvalue weighted by Gasteiger charge is 2.10. The number of nitrogens with zero attached hydrogens (tertiary/aromatic N) is 2. The van der Waals surface area contributed by atoms with Crippen molar-refractivity contribution in [2.45, 2.75) is 27.3 Å². The molecule has 0 bridgehead atoms. The quantitative estimate of drug-likeness (QED) is 0.317. The van der Waals surface area contributed by atoms with E-state index in [2.05, 4.69) is 42.4 Å². The molecule has 2 rings (SSSR count). The summed E-state index contributed by atoms with van der Waals surface area (Å²) in [5, 5.41) is 6.67. The van der Waals surface area contributed by atoms with E-state index < -0.39 is 0 Å². The molecule has 1 aliphatic rings. The molecule has 0 unspecified atom stereocenters. The molecule has 0 atom stereocenters. The third-order valence-corrected chi connectivity index (χ3v) is 4.17. The highest BCUT2D eigenvalue weighted by Crippen LogP contribution is 2.19. The normalized spacial score (nSPS) is 15.3. The molecule has 1 aromatic carbocycles. The van der Waals surface area contributed by atoms with Gasteiger partial charge in [0.25, 0.3) is 0 Å². The van der Waals surface area contributed by atoms with Gasteiger partial charge in [0.1, 0.15) is 12.4 Å². The van der Waals surface area contributed by atoms with Crippen LogP contribution in [0.2, 0.25) is 0 Å². The molecule has 27 heavy (non-hydrogen) atoms. The number of nitrogens with one attached hydrogen (secondary N) is 2. The van der Waals surface area contributed by atoms with Gasteiger partial charge in [0.2, 0.25) is 0 Å². The Balaban J connectivity index is 0.00000364. The Labute approximate surface area is 181 Å². The minimum Gasteiger partial charge on any atom is -0.492 e. The second-order valence-electron chi connectivity index (χ2n) is 6.88. The lowest BCUT2D eigenvalue weighted by Gasteiger charge is -2.26. The minimum atomic E-state index is 0. The van der Waals surface area contributed by atoms with Gasteiger partial charge in [-0.1, -0.05) is 32.0 Å². The molecule has 0 radical (unpaired) electrons. The van der Waals surface area contributed by atoms with Crippen molar-refractivity contribution in [3.05, 3.63) is 29.8 Å². The third kappa shape index (κ3) is 9.62. The summed E-state index contributed by atoms with van der Waals surface area (Å²) in [6, 6.07) is 8.16. The number of hydrogen-bond donors (Lipinski definition) is 2. The summed E-state index contributed by atoms with van der Waals surface area (Å²) in [7, 11) is 0. The second-order valence-corrected chi connectivity index (χ2v) is 6.88. The van der Waals surface area contributed by atoms with Crippen molar-refractivity contribution in [2.75, 3.05) is 52.5 Å². The summed E-state index contributed by atoms with van der Waals surface area (Å²) in [5.41, 5.74) is 1.11. The molecule has 1 fully saturated rings. The van der Waals surface area contributed by atoms with Crippen LogP contribution in [0.25, 0.3) is 0 Å². The van der Waals surface area contributed by atoms with Crippen LogP contribution in [0.3, 0.4) is 0 Å². The lowest BCUT2D eigenvalue weighted by Crippen LogP contribution is -2.39. The number of ether oxygens (including phenoxy) is 2. The van der Waals surface area contributed by atoms with Crippen molar-refractivity contribution < 1.29 is 9.47 Å². The molecule has 1 aliphatic heterocycles. The highest BCUT2D eigenvalue weighted by molar-refractivity contribution is 14.0. The van der Waals surface area contributed by atoms with Gasteiger partial charge in [0, 0.05) is 38.3 Å². The molecule has 0 spiro atoms.